The molecule has 1 aromatic carbocycles. The van der Waals surface area contributed by atoms with Crippen molar-refractivity contribution in [3.8, 4) is 0 Å². The van der Waals surface area contributed by atoms with E-state index in [0.717, 1.165) is 16.7 Å². The molecule has 0 saturated heterocycles. The molecule has 0 heterocycles. The van der Waals surface area contributed by atoms with Gasteiger partial charge in [-0.2, -0.15) is 0 Å². The van der Waals surface area contributed by atoms with Crippen molar-refractivity contribution in [2.24, 2.45) is 0 Å². The summed E-state index contributed by atoms with van der Waals surface area (Å²) in [5.41, 5.74) is 3.05. The quantitative estimate of drug-likeness (QED) is 0.753. The van der Waals surface area contributed by atoms with Crippen molar-refractivity contribution in [3.05, 3.63) is 34.9 Å². The second kappa shape index (κ2) is 4.73. The van der Waals surface area contributed by atoms with Gasteiger partial charge in [0.05, 0.1) is 0 Å². The van der Waals surface area contributed by atoms with Crippen LogP contribution in [0.3, 0.4) is 0 Å². The van der Waals surface area contributed by atoms with E-state index in [1.807, 2.05) is 32.0 Å². The summed E-state index contributed by atoms with van der Waals surface area (Å²) in [7, 11) is 1.46. The Morgan fingerprint density at radius 3 is 2.20 bits per heavy atom. The van der Waals surface area contributed by atoms with E-state index in [0.29, 0.717) is 0 Å². The summed E-state index contributed by atoms with van der Waals surface area (Å²) in [6.45, 7) is 3.89. The number of aryl methyl sites for hydroxylation is 2. The molecule has 0 unspecified atom stereocenters. The van der Waals surface area contributed by atoms with Crippen molar-refractivity contribution in [2.45, 2.75) is 20.3 Å². The van der Waals surface area contributed by atoms with Gasteiger partial charge in [0.1, 0.15) is 0 Å². The lowest BCUT2D eigenvalue weighted by Crippen LogP contribution is -2.29. The minimum Gasteiger partial charge on any atom is -0.353 e. The maximum Gasteiger partial charge on any atom is 0.287 e. The maximum atomic E-state index is 11.4. The largest absolute Gasteiger partial charge is 0.353 e. The van der Waals surface area contributed by atoms with Crippen LogP contribution in [0, 0.1) is 13.8 Å². The second-order valence-electron chi connectivity index (χ2n) is 3.55. The van der Waals surface area contributed by atoms with Crippen LogP contribution in [0.15, 0.2) is 18.2 Å². The highest BCUT2D eigenvalue weighted by molar-refractivity contribution is 6.36. The molecule has 80 valence electrons. The highest BCUT2D eigenvalue weighted by atomic mass is 16.2. The van der Waals surface area contributed by atoms with E-state index in [1.54, 1.807) is 0 Å². The van der Waals surface area contributed by atoms with Gasteiger partial charge < -0.3 is 5.32 Å². The lowest BCUT2D eigenvalue weighted by molar-refractivity contribution is -0.137. The molecule has 0 aliphatic carbocycles. The fourth-order valence-corrected chi connectivity index (χ4v) is 1.51. The van der Waals surface area contributed by atoms with E-state index in [9.17, 15) is 9.59 Å². The summed E-state index contributed by atoms with van der Waals surface area (Å²) < 4.78 is 0. The Hall–Kier alpha value is -1.64. The van der Waals surface area contributed by atoms with Crippen molar-refractivity contribution in [3.63, 3.8) is 0 Å². The molecule has 0 radical (unpaired) electrons. The lowest BCUT2D eigenvalue weighted by Gasteiger charge is -2.07. The van der Waals surface area contributed by atoms with Gasteiger partial charge in [-0.05, 0) is 30.5 Å². The SMILES string of the molecule is CNC(=O)C(=O)Cc1c(C)cccc1C. The number of ketones is 1. The van der Waals surface area contributed by atoms with Crippen LogP contribution in [0.4, 0.5) is 0 Å². The molecule has 0 bridgehead atoms. The average Bonchev–Trinajstić information content (AvgIpc) is 2.22. The van der Waals surface area contributed by atoms with Gasteiger partial charge in [0, 0.05) is 13.5 Å². The Labute approximate surface area is 89.5 Å². The third-order valence-corrected chi connectivity index (χ3v) is 2.46. The van der Waals surface area contributed by atoms with E-state index >= 15 is 0 Å². The summed E-state index contributed by atoms with van der Waals surface area (Å²) in [6, 6.07) is 5.83. The van der Waals surface area contributed by atoms with Gasteiger partial charge in [-0.3, -0.25) is 9.59 Å². The molecule has 0 spiro atoms. The molecule has 1 N–H and O–H groups in total. The van der Waals surface area contributed by atoms with E-state index in [-0.39, 0.29) is 6.42 Å². The summed E-state index contributed by atoms with van der Waals surface area (Å²) >= 11 is 0. The normalized spacial score (nSPS) is 9.80. The number of benzene rings is 1. The molecule has 15 heavy (non-hydrogen) atoms. The predicted molar refractivity (Wildman–Crippen MR) is 58.7 cm³/mol. The van der Waals surface area contributed by atoms with Crippen LogP contribution >= 0.6 is 0 Å². The first kappa shape index (κ1) is 11.4. The Kier molecular flexibility index (Phi) is 3.61. The van der Waals surface area contributed by atoms with E-state index < -0.39 is 11.7 Å². The van der Waals surface area contributed by atoms with Crippen LogP contribution in [-0.2, 0) is 16.0 Å². The zero-order valence-electron chi connectivity index (χ0n) is 9.26. The van der Waals surface area contributed by atoms with Crippen LogP contribution in [0.5, 0.6) is 0 Å². The van der Waals surface area contributed by atoms with Crippen LogP contribution < -0.4 is 5.32 Å². The summed E-state index contributed by atoms with van der Waals surface area (Å²) in [5.74, 6) is -0.924. The molecule has 0 saturated carbocycles. The van der Waals surface area contributed by atoms with Crippen LogP contribution in [-0.4, -0.2) is 18.7 Å². The number of nitrogens with one attached hydrogen (secondary N) is 1. The molecule has 0 aromatic heterocycles. The summed E-state index contributed by atoms with van der Waals surface area (Å²) in [5, 5.41) is 2.34. The second-order valence-corrected chi connectivity index (χ2v) is 3.55. The van der Waals surface area contributed by atoms with Gasteiger partial charge >= 0.3 is 0 Å². The zero-order chi connectivity index (χ0) is 11.4. The van der Waals surface area contributed by atoms with E-state index in [4.69, 9.17) is 0 Å². The zero-order valence-corrected chi connectivity index (χ0v) is 9.26. The molecule has 1 amide bonds. The fourth-order valence-electron chi connectivity index (χ4n) is 1.51. The van der Waals surface area contributed by atoms with Crippen molar-refractivity contribution in [1.29, 1.82) is 0 Å². The Morgan fingerprint density at radius 1 is 1.20 bits per heavy atom. The molecule has 0 fully saturated rings. The highest BCUT2D eigenvalue weighted by Crippen LogP contribution is 2.13. The third kappa shape index (κ3) is 2.65. The van der Waals surface area contributed by atoms with Gasteiger partial charge in [-0.25, -0.2) is 0 Å². The highest BCUT2D eigenvalue weighted by Gasteiger charge is 2.14. The first-order chi connectivity index (χ1) is 7.06. The topological polar surface area (TPSA) is 46.2 Å². The third-order valence-electron chi connectivity index (χ3n) is 2.46. The number of amides is 1. The molecule has 3 nitrogen and oxygen atoms in total. The fraction of sp³-hybridized carbons (Fsp3) is 0.333. The van der Waals surface area contributed by atoms with Gasteiger partial charge in [0.15, 0.2) is 0 Å². The summed E-state index contributed by atoms with van der Waals surface area (Å²) in [4.78, 5) is 22.5. The minimum atomic E-state index is -0.530. The molecule has 1 rings (SSSR count). The van der Waals surface area contributed by atoms with E-state index in [1.165, 1.54) is 7.05 Å². The van der Waals surface area contributed by atoms with E-state index in [2.05, 4.69) is 5.32 Å². The molecule has 0 aliphatic heterocycles. The van der Waals surface area contributed by atoms with Gasteiger partial charge in [-0.1, -0.05) is 18.2 Å². The standard InChI is InChI=1S/C12H15NO2/c1-8-5-4-6-9(2)10(8)7-11(14)12(15)13-3/h4-6H,7H2,1-3H3,(H,13,15). The van der Waals surface area contributed by atoms with Crippen molar-refractivity contribution >= 4 is 11.7 Å². The number of hydrogen-bond donors (Lipinski definition) is 1. The number of carbonyl (C=O) groups is 2. The van der Waals surface area contributed by atoms with Gasteiger partial charge in [-0.15, -0.1) is 0 Å². The molecule has 0 atom stereocenters. The van der Waals surface area contributed by atoms with Crippen molar-refractivity contribution < 1.29 is 9.59 Å². The molecule has 1 aromatic rings. The number of carbonyl (C=O) groups excluding carboxylic acids is 2. The van der Waals surface area contributed by atoms with Crippen LogP contribution in [0.1, 0.15) is 16.7 Å². The number of Topliss-reactive ketones (excluding diaryl/α,β-unsaturated/α-hetero) is 1. The van der Waals surface area contributed by atoms with Crippen LogP contribution in [0.2, 0.25) is 0 Å². The number of likely N-dealkylation sites (N-methyl/N-ethyl adjacent to an activating group) is 1. The lowest BCUT2D eigenvalue weighted by atomic mass is 9.98. The molecular formula is C12H15NO2. The Bertz CT molecular complexity index is 376. The number of hydrogen-bond acceptors (Lipinski definition) is 2. The first-order valence-corrected chi connectivity index (χ1v) is 4.86. The average molecular weight is 205 g/mol. The van der Waals surface area contributed by atoms with Gasteiger partial charge in [0.2, 0.25) is 5.78 Å². The van der Waals surface area contributed by atoms with Crippen molar-refractivity contribution in [2.75, 3.05) is 7.05 Å². The van der Waals surface area contributed by atoms with Gasteiger partial charge in [0.25, 0.3) is 5.91 Å². The number of rotatable bonds is 3. The molecule has 3 heteroatoms. The molecular weight excluding hydrogens is 190 g/mol. The first-order valence-electron chi connectivity index (χ1n) is 4.86. The predicted octanol–water partition coefficient (Wildman–Crippen LogP) is 1.16. The molecule has 0 aliphatic rings. The van der Waals surface area contributed by atoms with Crippen LogP contribution in [0.25, 0.3) is 0 Å². The van der Waals surface area contributed by atoms with Crippen molar-refractivity contribution in [1.82, 2.24) is 5.32 Å². The smallest absolute Gasteiger partial charge is 0.287 e. The minimum absolute atomic E-state index is 0.179. The maximum absolute atomic E-state index is 11.4. The Morgan fingerprint density at radius 2 is 1.73 bits per heavy atom. The monoisotopic (exact) mass is 205 g/mol. The Balaban J connectivity index is 2.90. The summed E-state index contributed by atoms with van der Waals surface area (Å²) in [6.07, 6.45) is 0.179.